The summed E-state index contributed by atoms with van der Waals surface area (Å²) in [7, 11) is 0. The second-order valence-corrected chi connectivity index (χ2v) is 8.41. The first kappa shape index (κ1) is 23.8. The molecule has 1 N–H and O–H groups in total. The highest BCUT2D eigenvalue weighted by Crippen LogP contribution is 2.37. The highest BCUT2D eigenvalue weighted by Gasteiger charge is 2.12. The molecular weight excluding hydrogens is 426 g/mol. The van der Waals surface area contributed by atoms with Crippen LogP contribution in [-0.2, 0) is 13.2 Å². The molecule has 0 amide bonds. The Hall–Kier alpha value is -1.52. The Bertz CT molecular complexity index is 716. The molecule has 0 aliphatic carbocycles. The molecule has 2 aromatic carbocycles. The molecule has 0 saturated heterocycles. The average molecular weight is 462 g/mol. The number of ether oxygens (including phenoxy) is 2. The van der Waals surface area contributed by atoms with E-state index in [1.807, 2.05) is 6.92 Å². The highest BCUT2D eigenvalue weighted by molar-refractivity contribution is 9.10. The van der Waals surface area contributed by atoms with Gasteiger partial charge in [0.15, 0.2) is 11.5 Å². The molecule has 29 heavy (non-hydrogen) atoms. The molecule has 4 heteroatoms. The highest BCUT2D eigenvalue weighted by atomic mass is 79.9. The minimum Gasteiger partial charge on any atom is -0.490 e. The van der Waals surface area contributed by atoms with Crippen molar-refractivity contribution in [1.82, 2.24) is 5.32 Å². The van der Waals surface area contributed by atoms with Crippen molar-refractivity contribution in [3.8, 4) is 11.5 Å². The molecule has 0 atom stereocenters. The van der Waals surface area contributed by atoms with Gasteiger partial charge in [0.1, 0.15) is 6.61 Å². The van der Waals surface area contributed by atoms with E-state index in [1.165, 1.54) is 49.7 Å². The molecule has 0 heterocycles. The fourth-order valence-electron chi connectivity index (χ4n) is 3.23. The summed E-state index contributed by atoms with van der Waals surface area (Å²) in [5.41, 5.74) is 3.60. The molecule has 2 aromatic rings. The lowest BCUT2D eigenvalue weighted by atomic mass is 10.1. The van der Waals surface area contributed by atoms with Crippen LogP contribution in [0.5, 0.6) is 11.5 Å². The third-order valence-corrected chi connectivity index (χ3v) is 5.50. The van der Waals surface area contributed by atoms with Crippen molar-refractivity contribution < 1.29 is 9.47 Å². The molecule has 0 aliphatic rings. The number of hydrogen-bond donors (Lipinski definition) is 1. The van der Waals surface area contributed by atoms with Gasteiger partial charge in [-0.25, -0.2) is 0 Å². The van der Waals surface area contributed by atoms with Gasteiger partial charge in [0, 0.05) is 6.54 Å². The van der Waals surface area contributed by atoms with Gasteiger partial charge in [0.25, 0.3) is 0 Å². The van der Waals surface area contributed by atoms with Crippen molar-refractivity contribution in [2.75, 3.05) is 13.2 Å². The summed E-state index contributed by atoms with van der Waals surface area (Å²) in [6, 6.07) is 12.6. The van der Waals surface area contributed by atoms with E-state index in [0.717, 1.165) is 34.6 Å². The molecule has 0 saturated carbocycles. The lowest BCUT2D eigenvalue weighted by molar-refractivity contribution is 0.267. The number of unbranched alkanes of at least 4 members (excludes halogenated alkanes) is 5. The topological polar surface area (TPSA) is 30.5 Å². The molecular formula is C25H36BrNO2. The Kier molecular flexibility index (Phi) is 11.2. The lowest BCUT2D eigenvalue weighted by Gasteiger charge is -2.16. The van der Waals surface area contributed by atoms with Gasteiger partial charge in [-0.05, 0) is 66.0 Å². The van der Waals surface area contributed by atoms with E-state index in [2.05, 4.69) is 71.5 Å². The second kappa shape index (κ2) is 13.7. The Labute approximate surface area is 185 Å². The largest absolute Gasteiger partial charge is 0.490 e. The van der Waals surface area contributed by atoms with Crippen LogP contribution in [0.15, 0.2) is 40.9 Å². The zero-order chi connectivity index (χ0) is 20.9. The van der Waals surface area contributed by atoms with E-state index in [4.69, 9.17) is 9.47 Å². The molecule has 0 radical (unpaired) electrons. The van der Waals surface area contributed by atoms with Crippen molar-refractivity contribution >= 4 is 15.9 Å². The molecule has 2 rings (SSSR count). The van der Waals surface area contributed by atoms with E-state index in [9.17, 15) is 0 Å². The van der Waals surface area contributed by atoms with Gasteiger partial charge in [0.05, 0.1) is 11.1 Å². The van der Waals surface area contributed by atoms with Crippen LogP contribution in [0.3, 0.4) is 0 Å². The molecule has 0 spiro atoms. The smallest absolute Gasteiger partial charge is 0.175 e. The van der Waals surface area contributed by atoms with Crippen LogP contribution >= 0.6 is 15.9 Å². The van der Waals surface area contributed by atoms with E-state index in [-0.39, 0.29) is 0 Å². The van der Waals surface area contributed by atoms with Crippen molar-refractivity contribution in [2.45, 2.75) is 72.4 Å². The second-order valence-electron chi connectivity index (χ2n) is 7.56. The van der Waals surface area contributed by atoms with Crippen LogP contribution in [0.25, 0.3) is 0 Å². The van der Waals surface area contributed by atoms with Gasteiger partial charge in [-0.1, -0.05) is 68.9 Å². The molecule has 0 unspecified atom stereocenters. The van der Waals surface area contributed by atoms with Crippen LogP contribution in [0.2, 0.25) is 0 Å². The normalized spacial score (nSPS) is 10.9. The first-order valence-electron chi connectivity index (χ1n) is 11.0. The van der Waals surface area contributed by atoms with Crippen LogP contribution in [0.4, 0.5) is 0 Å². The number of benzene rings is 2. The molecule has 0 fully saturated rings. The third kappa shape index (κ3) is 8.79. The lowest BCUT2D eigenvalue weighted by Crippen LogP contribution is -2.15. The van der Waals surface area contributed by atoms with E-state index in [1.54, 1.807) is 0 Å². The summed E-state index contributed by atoms with van der Waals surface area (Å²) in [5.74, 6) is 1.57. The summed E-state index contributed by atoms with van der Waals surface area (Å²) in [6.07, 6.45) is 7.93. The van der Waals surface area contributed by atoms with Crippen molar-refractivity contribution in [3.63, 3.8) is 0 Å². The maximum Gasteiger partial charge on any atom is 0.175 e. The van der Waals surface area contributed by atoms with Crippen LogP contribution in [-0.4, -0.2) is 13.2 Å². The molecule has 0 bridgehead atoms. The van der Waals surface area contributed by atoms with Crippen molar-refractivity contribution in [1.29, 1.82) is 0 Å². The Balaban J connectivity index is 1.88. The molecule has 0 aliphatic heterocycles. The Morgan fingerprint density at radius 2 is 1.59 bits per heavy atom. The standard InChI is InChI=1S/C25H36BrNO2/c1-4-6-7-8-9-10-15-27-18-22-16-23(26)25(24(17-22)28-5-2)29-19-21-13-11-20(3)12-14-21/h11-14,16-17,27H,4-10,15,18-19H2,1-3H3. The van der Waals surface area contributed by atoms with E-state index in [0.29, 0.717) is 13.2 Å². The van der Waals surface area contributed by atoms with Crippen molar-refractivity contribution in [2.24, 2.45) is 0 Å². The predicted molar refractivity (Wildman–Crippen MR) is 126 cm³/mol. The number of aryl methyl sites for hydroxylation is 1. The summed E-state index contributed by atoms with van der Waals surface area (Å²) in [5, 5.41) is 3.55. The van der Waals surface area contributed by atoms with Gasteiger partial charge >= 0.3 is 0 Å². The third-order valence-electron chi connectivity index (χ3n) is 4.91. The number of hydrogen-bond acceptors (Lipinski definition) is 3. The van der Waals surface area contributed by atoms with Crippen molar-refractivity contribution in [3.05, 3.63) is 57.6 Å². The van der Waals surface area contributed by atoms with Crippen LogP contribution < -0.4 is 14.8 Å². The molecule has 3 nitrogen and oxygen atoms in total. The Morgan fingerprint density at radius 3 is 2.31 bits per heavy atom. The molecule has 0 aromatic heterocycles. The molecule has 160 valence electrons. The zero-order valence-electron chi connectivity index (χ0n) is 18.2. The maximum atomic E-state index is 6.10. The number of nitrogens with one attached hydrogen (secondary N) is 1. The summed E-state index contributed by atoms with van der Waals surface area (Å²) in [4.78, 5) is 0. The van der Waals surface area contributed by atoms with Crippen LogP contribution in [0, 0.1) is 6.92 Å². The van der Waals surface area contributed by atoms with E-state index >= 15 is 0 Å². The fraction of sp³-hybridized carbons (Fsp3) is 0.520. The van der Waals surface area contributed by atoms with E-state index < -0.39 is 0 Å². The van der Waals surface area contributed by atoms with Gasteiger partial charge in [-0.15, -0.1) is 0 Å². The summed E-state index contributed by atoms with van der Waals surface area (Å²) < 4.78 is 12.9. The predicted octanol–water partition coefficient (Wildman–Crippen LogP) is 7.19. The van der Waals surface area contributed by atoms with Gasteiger partial charge in [0.2, 0.25) is 0 Å². The number of halogens is 1. The SMILES string of the molecule is CCCCCCCCNCc1cc(Br)c(OCc2ccc(C)cc2)c(OCC)c1. The van der Waals surface area contributed by atoms with Gasteiger partial charge in [-0.2, -0.15) is 0 Å². The quantitative estimate of drug-likeness (QED) is 0.302. The zero-order valence-corrected chi connectivity index (χ0v) is 19.8. The summed E-state index contributed by atoms with van der Waals surface area (Å²) in [6.45, 7) is 9.38. The first-order valence-corrected chi connectivity index (χ1v) is 11.8. The van der Waals surface area contributed by atoms with Crippen LogP contribution in [0.1, 0.15) is 69.1 Å². The maximum absolute atomic E-state index is 6.10. The summed E-state index contributed by atoms with van der Waals surface area (Å²) >= 11 is 3.68. The monoisotopic (exact) mass is 461 g/mol. The minimum absolute atomic E-state index is 0.522. The minimum atomic E-state index is 0.522. The van der Waals surface area contributed by atoms with Gasteiger partial charge in [-0.3, -0.25) is 0 Å². The average Bonchev–Trinajstić information content (AvgIpc) is 2.71. The fourth-order valence-corrected chi connectivity index (χ4v) is 3.83. The Morgan fingerprint density at radius 1 is 0.862 bits per heavy atom. The number of rotatable bonds is 14. The van der Waals surface area contributed by atoms with Gasteiger partial charge < -0.3 is 14.8 Å². The first-order chi connectivity index (χ1) is 14.1.